The minimum Gasteiger partial charge on any atom is -0.466 e. The number of hydrogen-bond donors (Lipinski definition) is 2. The number of para-hydroxylation sites is 1. The monoisotopic (exact) mass is 350 g/mol. The summed E-state index contributed by atoms with van der Waals surface area (Å²) in [6.07, 6.45) is 7.54. The van der Waals surface area contributed by atoms with Gasteiger partial charge in [-0.3, -0.25) is 0 Å². The third kappa shape index (κ3) is 4.51. The molecule has 5 heteroatoms. The van der Waals surface area contributed by atoms with Gasteiger partial charge in [-0.15, -0.1) is 0 Å². The standard InChI is InChI=1S/C21H22N2O3/c1-26-20(24)13-11-16-7-4-5-9-19(16)23-21(25)22-18-12-10-15-6-2-3-8-17(15)14-18/h4-5,7,9-14H,2-3,6,8H2,1H3,(H2,22,23,25)/b13-11+. The summed E-state index contributed by atoms with van der Waals surface area (Å²) in [6.45, 7) is 0. The van der Waals surface area contributed by atoms with Crippen LogP contribution in [0.4, 0.5) is 16.2 Å². The first-order valence-electron chi connectivity index (χ1n) is 8.70. The van der Waals surface area contributed by atoms with Crippen LogP contribution in [0.25, 0.3) is 6.08 Å². The molecular formula is C21H22N2O3. The first-order valence-corrected chi connectivity index (χ1v) is 8.70. The van der Waals surface area contributed by atoms with Crippen molar-refractivity contribution in [1.29, 1.82) is 0 Å². The van der Waals surface area contributed by atoms with Crippen molar-refractivity contribution < 1.29 is 14.3 Å². The SMILES string of the molecule is COC(=O)/C=C/c1ccccc1NC(=O)Nc1ccc2c(c1)CCCC2. The Kier molecular flexibility index (Phi) is 5.69. The first kappa shape index (κ1) is 17.7. The Balaban J connectivity index is 1.69. The maximum absolute atomic E-state index is 12.4. The zero-order valence-corrected chi connectivity index (χ0v) is 14.7. The van der Waals surface area contributed by atoms with Gasteiger partial charge in [0.05, 0.1) is 7.11 Å². The number of esters is 1. The molecule has 5 nitrogen and oxygen atoms in total. The Labute approximate surface area is 153 Å². The fourth-order valence-electron chi connectivity index (χ4n) is 3.08. The average molecular weight is 350 g/mol. The van der Waals surface area contributed by atoms with Crippen LogP contribution in [0.2, 0.25) is 0 Å². The maximum Gasteiger partial charge on any atom is 0.330 e. The van der Waals surface area contributed by atoms with Crippen molar-refractivity contribution >= 4 is 29.5 Å². The fourth-order valence-corrected chi connectivity index (χ4v) is 3.08. The van der Waals surface area contributed by atoms with Gasteiger partial charge in [-0.2, -0.15) is 0 Å². The number of amides is 2. The summed E-state index contributed by atoms with van der Waals surface area (Å²) in [4.78, 5) is 23.6. The van der Waals surface area contributed by atoms with Crippen molar-refractivity contribution in [3.8, 4) is 0 Å². The van der Waals surface area contributed by atoms with Crippen LogP contribution in [0, 0.1) is 0 Å². The van der Waals surface area contributed by atoms with Crippen LogP contribution in [0.3, 0.4) is 0 Å². The van der Waals surface area contributed by atoms with Gasteiger partial charge in [0.25, 0.3) is 0 Å². The lowest BCUT2D eigenvalue weighted by atomic mass is 9.91. The minimum absolute atomic E-state index is 0.320. The smallest absolute Gasteiger partial charge is 0.330 e. The van der Waals surface area contributed by atoms with Gasteiger partial charge in [0.2, 0.25) is 0 Å². The Morgan fingerprint density at radius 3 is 2.58 bits per heavy atom. The molecule has 0 saturated carbocycles. The number of urea groups is 1. The zero-order chi connectivity index (χ0) is 18.4. The molecule has 0 atom stereocenters. The summed E-state index contributed by atoms with van der Waals surface area (Å²) in [6, 6.07) is 13.0. The van der Waals surface area contributed by atoms with Crippen LogP contribution in [-0.4, -0.2) is 19.1 Å². The van der Waals surface area contributed by atoms with Gasteiger partial charge in [0.15, 0.2) is 0 Å². The Morgan fingerprint density at radius 1 is 1.00 bits per heavy atom. The number of fused-ring (bicyclic) bond motifs is 1. The molecule has 134 valence electrons. The van der Waals surface area contributed by atoms with Gasteiger partial charge in [0.1, 0.15) is 0 Å². The molecule has 0 unspecified atom stereocenters. The van der Waals surface area contributed by atoms with E-state index in [2.05, 4.69) is 27.5 Å². The Bertz CT molecular complexity index is 843. The molecule has 0 saturated heterocycles. The number of anilines is 2. The Morgan fingerprint density at radius 2 is 1.77 bits per heavy atom. The predicted molar refractivity (Wildman–Crippen MR) is 103 cm³/mol. The molecule has 2 amide bonds. The van der Waals surface area contributed by atoms with Crippen molar-refractivity contribution in [2.45, 2.75) is 25.7 Å². The molecule has 2 aromatic carbocycles. The second-order valence-electron chi connectivity index (χ2n) is 6.21. The van der Waals surface area contributed by atoms with Crippen molar-refractivity contribution in [2.24, 2.45) is 0 Å². The number of ether oxygens (including phenoxy) is 1. The van der Waals surface area contributed by atoms with Crippen molar-refractivity contribution in [3.05, 3.63) is 65.2 Å². The lowest BCUT2D eigenvalue weighted by molar-refractivity contribution is -0.134. The molecule has 26 heavy (non-hydrogen) atoms. The van der Waals surface area contributed by atoms with Gasteiger partial charge in [-0.05, 0) is 66.6 Å². The highest BCUT2D eigenvalue weighted by atomic mass is 16.5. The van der Waals surface area contributed by atoms with Gasteiger partial charge >= 0.3 is 12.0 Å². The summed E-state index contributed by atoms with van der Waals surface area (Å²) in [5.74, 6) is -0.446. The van der Waals surface area contributed by atoms with Crippen molar-refractivity contribution in [1.82, 2.24) is 0 Å². The molecule has 2 aromatic rings. The largest absolute Gasteiger partial charge is 0.466 e. The molecule has 2 N–H and O–H groups in total. The van der Waals surface area contributed by atoms with Crippen LogP contribution in [-0.2, 0) is 22.4 Å². The first-order chi connectivity index (χ1) is 12.7. The molecule has 0 spiro atoms. The zero-order valence-electron chi connectivity index (χ0n) is 14.7. The molecular weight excluding hydrogens is 328 g/mol. The number of methoxy groups -OCH3 is 1. The van der Waals surface area contributed by atoms with Crippen LogP contribution in [0.1, 0.15) is 29.5 Å². The number of aryl methyl sites for hydroxylation is 2. The van der Waals surface area contributed by atoms with E-state index < -0.39 is 5.97 Å². The molecule has 0 bridgehead atoms. The number of rotatable bonds is 4. The van der Waals surface area contributed by atoms with Crippen LogP contribution >= 0.6 is 0 Å². The van der Waals surface area contributed by atoms with E-state index in [1.807, 2.05) is 24.3 Å². The van der Waals surface area contributed by atoms with E-state index in [-0.39, 0.29) is 6.03 Å². The number of hydrogen-bond acceptors (Lipinski definition) is 3. The topological polar surface area (TPSA) is 67.4 Å². The minimum atomic E-state index is -0.446. The second kappa shape index (κ2) is 8.34. The van der Waals surface area contributed by atoms with E-state index >= 15 is 0 Å². The van der Waals surface area contributed by atoms with Gasteiger partial charge < -0.3 is 15.4 Å². The lowest BCUT2D eigenvalue weighted by Gasteiger charge is -2.17. The van der Waals surface area contributed by atoms with E-state index in [4.69, 9.17) is 0 Å². The van der Waals surface area contributed by atoms with Gasteiger partial charge in [-0.25, -0.2) is 9.59 Å². The summed E-state index contributed by atoms with van der Waals surface area (Å²) in [5, 5.41) is 5.71. The van der Waals surface area contributed by atoms with E-state index in [1.165, 1.54) is 37.2 Å². The van der Waals surface area contributed by atoms with Crippen molar-refractivity contribution in [3.63, 3.8) is 0 Å². The van der Waals surface area contributed by atoms with Crippen LogP contribution in [0.5, 0.6) is 0 Å². The molecule has 0 aliphatic heterocycles. The summed E-state index contributed by atoms with van der Waals surface area (Å²) >= 11 is 0. The highest BCUT2D eigenvalue weighted by molar-refractivity contribution is 6.01. The third-order valence-electron chi connectivity index (χ3n) is 4.42. The number of carbonyl (C=O) groups excluding carboxylic acids is 2. The van der Waals surface area contributed by atoms with Crippen LogP contribution in [0.15, 0.2) is 48.5 Å². The quantitative estimate of drug-likeness (QED) is 0.634. The molecule has 1 aliphatic carbocycles. The number of carbonyl (C=O) groups is 2. The van der Waals surface area contributed by atoms with Crippen LogP contribution < -0.4 is 10.6 Å². The number of nitrogens with one attached hydrogen (secondary N) is 2. The highest BCUT2D eigenvalue weighted by Crippen LogP contribution is 2.24. The third-order valence-corrected chi connectivity index (χ3v) is 4.42. The van der Waals surface area contributed by atoms with E-state index in [1.54, 1.807) is 12.1 Å². The van der Waals surface area contributed by atoms with E-state index in [9.17, 15) is 9.59 Å². The summed E-state index contributed by atoms with van der Waals surface area (Å²) in [7, 11) is 1.32. The molecule has 0 radical (unpaired) electrons. The van der Waals surface area contributed by atoms with Crippen molar-refractivity contribution in [2.75, 3.05) is 17.7 Å². The molecule has 0 fully saturated rings. The number of benzene rings is 2. The predicted octanol–water partition coefficient (Wildman–Crippen LogP) is 4.40. The van der Waals surface area contributed by atoms with Gasteiger partial charge in [0, 0.05) is 17.5 Å². The average Bonchev–Trinajstić information content (AvgIpc) is 2.67. The van der Waals surface area contributed by atoms with E-state index in [0.29, 0.717) is 5.69 Å². The molecule has 3 rings (SSSR count). The maximum atomic E-state index is 12.4. The molecule has 0 aromatic heterocycles. The molecule has 0 heterocycles. The summed E-state index contributed by atoms with van der Waals surface area (Å²) < 4.78 is 4.59. The van der Waals surface area contributed by atoms with E-state index in [0.717, 1.165) is 24.1 Å². The van der Waals surface area contributed by atoms with Gasteiger partial charge in [-0.1, -0.05) is 24.3 Å². The summed E-state index contributed by atoms with van der Waals surface area (Å²) in [5.41, 5.74) is 4.81. The Hall–Kier alpha value is -3.08. The second-order valence-corrected chi connectivity index (χ2v) is 6.21. The molecule has 1 aliphatic rings. The fraction of sp³-hybridized carbons (Fsp3) is 0.238. The lowest BCUT2D eigenvalue weighted by Crippen LogP contribution is -2.20. The normalized spacial score (nSPS) is 13.1. The highest BCUT2D eigenvalue weighted by Gasteiger charge is 2.11.